The molecule has 4 nitrogen and oxygen atoms in total. The van der Waals surface area contributed by atoms with E-state index in [2.05, 4.69) is 40.1 Å². The summed E-state index contributed by atoms with van der Waals surface area (Å²) in [5.74, 6) is 0.859. The molecular formula is C16H18N4. The van der Waals surface area contributed by atoms with Crippen LogP contribution in [0.4, 0.5) is 0 Å². The summed E-state index contributed by atoms with van der Waals surface area (Å²) in [6.07, 6.45) is 3.57. The number of H-pyrrole nitrogens is 1. The lowest BCUT2D eigenvalue weighted by Crippen LogP contribution is -2.03. The Balaban J connectivity index is 2.08. The molecule has 20 heavy (non-hydrogen) atoms. The molecule has 0 saturated carbocycles. The summed E-state index contributed by atoms with van der Waals surface area (Å²) in [7, 11) is 0. The van der Waals surface area contributed by atoms with E-state index in [-0.39, 0.29) is 0 Å². The number of aromatic nitrogens is 3. The molecule has 0 unspecified atom stereocenters. The van der Waals surface area contributed by atoms with Gasteiger partial charge in [0.2, 0.25) is 0 Å². The van der Waals surface area contributed by atoms with Crippen LogP contribution in [0.3, 0.4) is 0 Å². The minimum atomic E-state index is 0.666. The monoisotopic (exact) mass is 266 g/mol. The zero-order chi connectivity index (χ0) is 13.9. The van der Waals surface area contributed by atoms with Crippen LogP contribution < -0.4 is 5.73 Å². The number of nitrogens with zero attached hydrogens (tertiary/aromatic N) is 2. The molecular weight excluding hydrogens is 248 g/mol. The highest BCUT2D eigenvalue weighted by atomic mass is 14.9. The molecule has 0 saturated heterocycles. The van der Waals surface area contributed by atoms with Crippen molar-refractivity contribution >= 4 is 10.9 Å². The number of fused-ring (bicyclic) bond motifs is 1. The first-order chi connectivity index (χ1) is 9.79. The van der Waals surface area contributed by atoms with Gasteiger partial charge in [-0.1, -0.05) is 18.2 Å². The van der Waals surface area contributed by atoms with Gasteiger partial charge in [-0.25, -0.2) is 9.97 Å². The summed E-state index contributed by atoms with van der Waals surface area (Å²) >= 11 is 0. The fourth-order valence-electron chi connectivity index (χ4n) is 2.53. The Kier molecular flexibility index (Phi) is 3.48. The number of nitrogens with one attached hydrogen (secondary N) is 1. The van der Waals surface area contributed by atoms with Crippen LogP contribution in [-0.4, -0.2) is 21.5 Å². The molecule has 0 spiro atoms. The van der Waals surface area contributed by atoms with Gasteiger partial charge in [-0.3, -0.25) is 0 Å². The fraction of sp³-hybridized carbons (Fsp3) is 0.250. The van der Waals surface area contributed by atoms with Crippen molar-refractivity contribution in [3.8, 4) is 11.3 Å². The molecule has 0 aliphatic heterocycles. The third-order valence-corrected chi connectivity index (χ3v) is 3.46. The SMILES string of the molecule is Cc1[nH]c2ccccc2c1-c1ccnc(CCCN)n1. The summed E-state index contributed by atoms with van der Waals surface area (Å²) in [6, 6.07) is 10.3. The lowest BCUT2D eigenvalue weighted by Gasteiger charge is -2.04. The predicted octanol–water partition coefficient (Wildman–Crippen LogP) is 2.82. The Morgan fingerprint density at radius 2 is 2.05 bits per heavy atom. The number of benzene rings is 1. The second kappa shape index (κ2) is 5.43. The smallest absolute Gasteiger partial charge is 0.128 e. The quantitative estimate of drug-likeness (QED) is 0.763. The van der Waals surface area contributed by atoms with E-state index in [0.717, 1.165) is 41.1 Å². The number of aromatic amines is 1. The van der Waals surface area contributed by atoms with Gasteiger partial charge < -0.3 is 10.7 Å². The first kappa shape index (κ1) is 12.8. The first-order valence-corrected chi connectivity index (χ1v) is 6.89. The standard InChI is InChI=1S/C16H18N4/c1-11-16(12-5-2-3-6-13(12)19-11)14-8-10-18-15(20-14)7-4-9-17/h2-3,5-6,8,10,19H,4,7,9,17H2,1H3. The fourth-order valence-corrected chi connectivity index (χ4v) is 2.53. The van der Waals surface area contributed by atoms with Crippen LogP contribution in [0.5, 0.6) is 0 Å². The topological polar surface area (TPSA) is 67.6 Å². The van der Waals surface area contributed by atoms with Crippen LogP contribution in [0.25, 0.3) is 22.2 Å². The van der Waals surface area contributed by atoms with E-state index in [1.54, 1.807) is 0 Å². The molecule has 0 atom stereocenters. The van der Waals surface area contributed by atoms with E-state index >= 15 is 0 Å². The summed E-state index contributed by atoms with van der Waals surface area (Å²) < 4.78 is 0. The lowest BCUT2D eigenvalue weighted by atomic mass is 10.1. The molecule has 0 aliphatic rings. The van der Waals surface area contributed by atoms with E-state index < -0.39 is 0 Å². The molecule has 1 aromatic carbocycles. The average Bonchev–Trinajstić information content (AvgIpc) is 2.81. The van der Waals surface area contributed by atoms with Crippen molar-refractivity contribution in [2.24, 2.45) is 5.73 Å². The Bertz CT molecular complexity index is 730. The number of nitrogens with two attached hydrogens (primary N) is 1. The molecule has 0 bridgehead atoms. The van der Waals surface area contributed by atoms with Crippen molar-refractivity contribution < 1.29 is 0 Å². The minimum Gasteiger partial charge on any atom is -0.358 e. The van der Waals surface area contributed by atoms with Gasteiger partial charge in [-0.05, 0) is 32.0 Å². The lowest BCUT2D eigenvalue weighted by molar-refractivity contribution is 0.782. The van der Waals surface area contributed by atoms with E-state index in [1.165, 1.54) is 5.39 Å². The van der Waals surface area contributed by atoms with Crippen LogP contribution in [0.15, 0.2) is 36.5 Å². The van der Waals surface area contributed by atoms with Crippen molar-refractivity contribution in [2.45, 2.75) is 19.8 Å². The molecule has 0 aliphatic carbocycles. The molecule has 3 rings (SSSR count). The van der Waals surface area contributed by atoms with Gasteiger partial charge in [-0.15, -0.1) is 0 Å². The van der Waals surface area contributed by atoms with Gasteiger partial charge in [0.15, 0.2) is 0 Å². The Morgan fingerprint density at radius 3 is 2.90 bits per heavy atom. The van der Waals surface area contributed by atoms with Gasteiger partial charge in [-0.2, -0.15) is 0 Å². The van der Waals surface area contributed by atoms with Crippen LogP contribution >= 0.6 is 0 Å². The molecule has 2 heterocycles. The molecule has 3 aromatic rings. The van der Waals surface area contributed by atoms with Crippen molar-refractivity contribution in [1.29, 1.82) is 0 Å². The third-order valence-electron chi connectivity index (χ3n) is 3.46. The molecule has 0 radical (unpaired) electrons. The maximum atomic E-state index is 5.55. The van der Waals surface area contributed by atoms with Gasteiger partial charge in [0.25, 0.3) is 0 Å². The van der Waals surface area contributed by atoms with E-state index in [0.29, 0.717) is 6.54 Å². The first-order valence-electron chi connectivity index (χ1n) is 6.89. The summed E-state index contributed by atoms with van der Waals surface area (Å²) in [4.78, 5) is 12.4. The van der Waals surface area contributed by atoms with Crippen molar-refractivity contribution in [1.82, 2.24) is 15.0 Å². The normalized spacial score (nSPS) is 11.1. The Morgan fingerprint density at radius 1 is 1.20 bits per heavy atom. The summed E-state index contributed by atoms with van der Waals surface area (Å²) in [5.41, 5.74) is 9.96. The van der Waals surface area contributed by atoms with E-state index in [1.807, 2.05) is 18.3 Å². The molecule has 2 aromatic heterocycles. The van der Waals surface area contributed by atoms with Crippen LogP contribution in [-0.2, 0) is 6.42 Å². The molecule has 3 N–H and O–H groups in total. The number of hydrogen-bond donors (Lipinski definition) is 2. The Labute approximate surface area is 118 Å². The third kappa shape index (κ3) is 2.30. The zero-order valence-electron chi connectivity index (χ0n) is 11.6. The van der Waals surface area contributed by atoms with Crippen molar-refractivity contribution in [2.75, 3.05) is 6.54 Å². The molecule has 0 amide bonds. The summed E-state index contributed by atoms with van der Waals surface area (Å²) in [5, 5.41) is 1.20. The average molecular weight is 266 g/mol. The molecule has 4 heteroatoms. The zero-order valence-corrected chi connectivity index (χ0v) is 11.6. The highest BCUT2D eigenvalue weighted by Crippen LogP contribution is 2.30. The van der Waals surface area contributed by atoms with Gasteiger partial charge in [0.1, 0.15) is 5.82 Å². The minimum absolute atomic E-state index is 0.666. The highest BCUT2D eigenvalue weighted by Gasteiger charge is 2.11. The number of aryl methyl sites for hydroxylation is 2. The van der Waals surface area contributed by atoms with Gasteiger partial charge >= 0.3 is 0 Å². The molecule has 102 valence electrons. The maximum absolute atomic E-state index is 5.55. The highest BCUT2D eigenvalue weighted by molar-refractivity contribution is 5.96. The largest absolute Gasteiger partial charge is 0.358 e. The number of hydrogen-bond acceptors (Lipinski definition) is 3. The van der Waals surface area contributed by atoms with Crippen molar-refractivity contribution in [3.63, 3.8) is 0 Å². The maximum Gasteiger partial charge on any atom is 0.128 e. The second-order valence-electron chi connectivity index (χ2n) is 4.92. The summed E-state index contributed by atoms with van der Waals surface area (Å²) in [6.45, 7) is 2.75. The number of rotatable bonds is 4. The van der Waals surface area contributed by atoms with Gasteiger partial charge in [0.05, 0.1) is 5.69 Å². The van der Waals surface area contributed by atoms with Crippen LogP contribution in [0.2, 0.25) is 0 Å². The predicted molar refractivity (Wildman–Crippen MR) is 81.4 cm³/mol. The molecule has 0 fully saturated rings. The van der Waals surface area contributed by atoms with E-state index in [4.69, 9.17) is 5.73 Å². The second-order valence-corrected chi connectivity index (χ2v) is 4.92. The Hall–Kier alpha value is -2.20. The van der Waals surface area contributed by atoms with Crippen LogP contribution in [0, 0.1) is 6.92 Å². The van der Waals surface area contributed by atoms with Gasteiger partial charge in [0, 0.05) is 34.8 Å². The van der Waals surface area contributed by atoms with E-state index in [9.17, 15) is 0 Å². The number of para-hydroxylation sites is 1. The van der Waals surface area contributed by atoms with Crippen molar-refractivity contribution in [3.05, 3.63) is 48.0 Å². The van der Waals surface area contributed by atoms with Crippen LogP contribution in [0.1, 0.15) is 17.9 Å².